The maximum absolute atomic E-state index is 13.4. The average Bonchev–Trinajstić information content (AvgIpc) is 2.33. The molecule has 2 aromatic rings. The summed E-state index contributed by atoms with van der Waals surface area (Å²) in [5.41, 5.74) is -0.613. The Hall–Kier alpha value is -2.14. The van der Waals surface area contributed by atoms with E-state index in [9.17, 15) is 13.6 Å². The van der Waals surface area contributed by atoms with Crippen LogP contribution in [0.5, 0.6) is 11.5 Å². The van der Waals surface area contributed by atoms with Crippen LogP contribution in [-0.4, -0.2) is 11.1 Å². The van der Waals surface area contributed by atoms with Crippen LogP contribution in [0, 0.1) is 11.6 Å². The van der Waals surface area contributed by atoms with E-state index in [-0.39, 0.29) is 16.5 Å². The summed E-state index contributed by atoms with van der Waals surface area (Å²) in [5, 5.41) is 8.82. The number of carboxylic acids is 1. The molecule has 0 aliphatic carbocycles. The van der Waals surface area contributed by atoms with E-state index in [4.69, 9.17) is 21.4 Å². The van der Waals surface area contributed by atoms with Gasteiger partial charge in [-0.05, 0) is 24.3 Å². The number of halogens is 3. The second kappa shape index (κ2) is 5.24. The Bertz CT molecular complexity index is 644. The van der Waals surface area contributed by atoms with Crippen molar-refractivity contribution in [2.75, 3.05) is 0 Å². The van der Waals surface area contributed by atoms with Crippen LogP contribution >= 0.6 is 11.6 Å². The molecule has 19 heavy (non-hydrogen) atoms. The van der Waals surface area contributed by atoms with Crippen molar-refractivity contribution in [3.63, 3.8) is 0 Å². The molecule has 0 spiro atoms. The van der Waals surface area contributed by atoms with Gasteiger partial charge in [0.05, 0.1) is 5.02 Å². The monoisotopic (exact) mass is 284 g/mol. The van der Waals surface area contributed by atoms with E-state index in [0.717, 1.165) is 12.1 Å². The molecule has 1 N–H and O–H groups in total. The molecule has 0 amide bonds. The minimum absolute atomic E-state index is 0.0231. The topological polar surface area (TPSA) is 46.5 Å². The van der Waals surface area contributed by atoms with E-state index in [1.807, 2.05) is 0 Å². The fourth-order valence-electron chi connectivity index (χ4n) is 1.46. The number of ether oxygens (including phenoxy) is 1. The van der Waals surface area contributed by atoms with Gasteiger partial charge in [-0.25, -0.2) is 13.6 Å². The number of carbonyl (C=O) groups is 1. The highest BCUT2D eigenvalue weighted by Crippen LogP contribution is 2.29. The highest BCUT2D eigenvalue weighted by atomic mass is 35.5. The van der Waals surface area contributed by atoms with Gasteiger partial charge in [-0.2, -0.15) is 0 Å². The van der Waals surface area contributed by atoms with Gasteiger partial charge in [0, 0.05) is 6.07 Å². The minimum atomic E-state index is -1.47. The second-order valence-electron chi connectivity index (χ2n) is 3.60. The van der Waals surface area contributed by atoms with Crippen molar-refractivity contribution in [1.29, 1.82) is 0 Å². The van der Waals surface area contributed by atoms with E-state index < -0.39 is 23.2 Å². The standard InChI is InChI=1S/C13H7ClF2O3/c14-8-5-4-7(6-10(8)16)19-11-3-1-2-9(15)12(11)13(17)18/h1-6H,(H,17,18). The molecule has 3 nitrogen and oxygen atoms in total. The summed E-state index contributed by atoms with van der Waals surface area (Å²) < 4.78 is 31.8. The predicted octanol–water partition coefficient (Wildman–Crippen LogP) is 4.11. The van der Waals surface area contributed by atoms with Crippen LogP contribution in [0.25, 0.3) is 0 Å². The number of hydrogen-bond donors (Lipinski definition) is 1. The fourth-order valence-corrected chi connectivity index (χ4v) is 1.58. The summed E-state index contributed by atoms with van der Waals surface area (Å²) in [7, 11) is 0. The Morgan fingerprint density at radius 3 is 2.53 bits per heavy atom. The maximum Gasteiger partial charge on any atom is 0.342 e. The second-order valence-corrected chi connectivity index (χ2v) is 4.00. The quantitative estimate of drug-likeness (QED) is 0.922. The van der Waals surface area contributed by atoms with Crippen LogP contribution in [0.2, 0.25) is 5.02 Å². The molecule has 0 unspecified atom stereocenters. The summed E-state index contributed by atoms with van der Waals surface area (Å²) in [5.74, 6) is -3.31. The molecule has 2 rings (SSSR count). The van der Waals surface area contributed by atoms with Crippen LogP contribution in [0.1, 0.15) is 10.4 Å². The predicted molar refractivity (Wildman–Crippen MR) is 64.8 cm³/mol. The molecular weight excluding hydrogens is 278 g/mol. The van der Waals surface area contributed by atoms with Crippen LogP contribution in [0.3, 0.4) is 0 Å². The first-order valence-electron chi connectivity index (χ1n) is 5.13. The molecule has 0 saturated heterocycles. The number of rotatable bonds is 3. The first-order valence-corrected chi connectivity index (χ1v) is 5.51. The number of hydrogen-bond acceptors (Lipinski definition) is 2. The van der Waals surface area contributed by atoms with Gasteiger partial charge in [-0.15, -0.1) is 0 Å². The van der Waals surface area contributed by atoms with Crippen LogP contribution in [0.4, 0.5) is 8.78 Å². The third kappa shape index (κ3) is 2.82. The molecule has 0 aliphatic rings. The van der Waals surface area contributed by atoms with Gasteiger partial charge in [0.25, 0.3) is 0 Å². The van der Waals surface area contributed by atoms with E-state index in [0.29, 0.717) is 0 Å². The molecule has 98 valence electrons. The van der Waals surface area contributed by atoms with Crippen molar-refractivity contribution < 1.29 is 23.4 Å². The van der Waals surface area contributed by atoms with Crippen molar-refractivity contribution in [3.05, 3.63) is 58.6 Å². The van der Waals surface area contributed by atoms with E-state index in [2.05, 4.69) is 0 Å². The first kappa shape index (κ1) is 13.3. The Morgan fingerprint density at radius 2 is 1.89 bits per heavy atom. The average molecular weight is 285 g/mol. The molecule has 0 fully saturated rings. The number of aromatic carboxylic acids is 1. The molecule has 2 aromatic carbocycles. The zero-order valence-corrected chi connectivity index (χ0v) is 10.1. The number of benzene rings is 2. The summed E-state index contributed by atoms with van der Waals surface area (Å²) in [6.07, 6.45) is 0. The normalized spacial score (nSPS) is 10.3. The number of carboxylic acid groups (broad SMARTS) is 1. The molecule has 0 saturated carbocycles. The van der Waals surface area contributed by atoms with Crippen molar-refractivity contribution in [1.82, 2.24) is 0 Å². The van der Waals surface area contributed by atoms with Crippen LogP contribution in [0.15, 0.2) is 36.4 Å². The highest BCUT2D eigenvalue weighted by molar-refractivity contribution is 6.30. The first-order chi connectivity index (χ1) is 8.99. The molecule has 6 heteroatoms. The Balaban J connectivity index is 2.40. The summed E-state index contributed by atoms with van der Waals surface area (Å²) in [4.78, 5) is 10.9. The van der Waals surface area contributed by atoms with Gasteiger partial charge in [0.2, 0.25) is 0 Å². The molecule has 0 radical (unpaired) electrons. The largest absolute Gasteiger partial charge is 0.477 e. The van der Waals surface area contributed by atoms with E-state index in [1.165, 1.54) is 24.3 Å². The molecule has 0 bridgehead atoms. The summed E-state index contributed by atoms with van der Waals surface area (Å²) in [6.45, 7) is 0. The smallest absolute Gasteiger partial charge is 0.342 e. The molecule has 0 atom stereocenters. The fraction of sp³-hybridized carbons (Fsp3) is 0. The van der Waals surface area contributed by atoms with Gasteiger partial charge < -0.3 is 9.84 Å². The zero-order valence-electron chi connectivity index (χ0n) is 9.36. The van der Waals surface area contributed by atoms with Crippen LogP contribution in [-0.2, 0) is 0 Å². The zero-order chi connectivity index (χ0) is 14.0. The molecule has 0 aliphatic heterocycles. The Labute approximate surface area is 112 Å². The Morgan fingerprint density at radius 1 is 1.16 bits per heavy atom. The van der Waals surface area contributed by atoms with Gasteiger partial charge >= 0.3 is 5.97 Å². The van der Waals surface area contributed by atoms with Crippen molar-refractivity contribution in [2.24, 2.45) is 0 Å². The third-order valence-electron chi connectivity index (χ3n) is 2.31. The van der Waals surface area contributed by atoms with Crippen molar-refractivity contribution in [2.45, 2.75) is 0 Å². The Kier molecular flexibility index (Phi) is 3.66. The lowest BCUT2D eigenvalue weighted by Gasteiger charge is -2.09. The van der Waals surface area contributed by atoms with Gasteiger partial charge in [-0.3, -0.25) is 0 Å². The van der Waals surface area contributed by atoms with E-state index in [1.54, 1.807) is 0 Å². The van der Waals surface area contributed by atoms with Crippen LogP contribution < -0.4 is 4.74 Å². The van der Waals surface area contributed by atoms with Gasteiger partial charge in [0.15, 0.2) is 0 Å². The summed E-state index contributed by atoms with van der Waals surface area (Å²) >= 11 is 5.51. The maximum atomic E-state index is 13.4. The lowest BCUT2D eigenvalue weighted by atomic mass is 10.2. The third-order valence-corrected chi connectivity index (χ3v) is 2.61. The summed E-state index contributed by atoms with van der Waals surface area (Å²) in [6, 6.07) is 7.16. The van der Waals surface area contributed by atoms with Crippen molar-refractivity contribution in [3.8, 4) is 11.5 Å². The lowest BCUT2D eigenvalue weighted by molar-refractivity contribution is 0.0689. The molecular formula is C13H7ClF2O3. The highest BCUT2D eigenvalue weighted by Gasteiger charge is 2.17. The lowest BCUT2D eigenvalue weighted by Crippen LogP contribution is -2.03. The minimum Gasteiger partial charge on any atom is -0.477 e. The molecule has 0 aromatic heterocycles. The SMILES string of the molecule is O=C(O)c1c(F)cccc1Oc1ccc(Cl)c(F)c1. The van der Waals surface area contributed by atoms with Crippen molar-refractivity contribution >= 4 is 17.6 Å². The molecule has 0 heterocycles. The van der Waals surface area contributed by atoms with Gasteiger partial charge in [-0.1, -0.05) is 17.7 Å². The van der Waals surface area contributed by atoms with E-state index >= 15 is 0 Å². The van der Waals surface area contributed by atoms with Gasteiger partial charge in [0.1, 0.15) is 28.7 Å².